The van der Waals surface area contributed by atoms with Crippen molar-refractivity contribution in [2.24, 2.45) is 0 Å². The van der Waals surface area contributed by atoms with Crippen molar-refractivity contribution < 1.29 is 23.9 Å². The maximum absolute atomic E-state index is 12.6. The van der Waals surface area contributed by atoms with Gasteiger partial charge in [-0.2, -0.15) is 0 Å². The van der Waals surface area contributed by atoms with E-state index in [0.29, 0.717) is 0 Å². The topological polar surface area (TPSA) is 93.7 Å². The summed E-state index contributed by atoms with van der Waals surface area (Å²) in [4.78, 5) is 37.9. The minimum Gasteiger partial charge on any atom is -0.463 e. The Bertz CT molecular complexity index is 975. The van der Waals surface area contributed by atoms with Crippen molar-refractivity contribution in [3.63, 3.8) is 0 Å². The number of benzene rings is 1. The lowest BCUT2D eigenvalue weighted by atomic mass is 10.0. The summed E-state index contributed by atoms with van der Waals surface area (Å²) in [5.74, 6) is -1.36. The fourth-order valence-corrected chi connectivity index (χ4v) is 3.89. The molecule has 1 unspecified atom stereocenters. The quantitative estimate of drug-likeness (QED) is 0.641. The highest BCUT2D eigenvalue weighted by Gasteiger charge is 2.34. The van der Waals surface area contributed by atoms with Crippen LogP contribution >= 0.6 is 34.5 Å². The van der Waals surface area contributed by atoms with Crippen LogP contribution in [-0.4, -0.2) is 31.2 Å². The molecule has 2 aromatic rings. The SMILES string of the molecule is CCOC(=O)C1=C(COC(=O)c2cccc(Cl)c2Cl)NC(=O)NC1c1cccs1. The maximum Gasteiger partial charge on any atom is 0.340 e. The van der Waals surface area contributed by atoms with Crippen LogP contribution in [0.3, 0.4) is 0 Å². The van der Waals surface area contributed by atoms with Crippen LogP contribution in [-0.2, 0) is 14.3 Å². The summed E-state index contributed by atoms with van der Waals surface area (Å²) in [5, 5.41) is 7.32. The molecule has 1 atom stereocenters. The van der Waals surface area contributed by atoms with Crippen molar-refractivity contribution in [1.82, 2.24) is 10.6 Å². The van der Waals surface area contributed by atoms with Gasteiger partial charge in [-0.15, -0.1) is 11.3 Å². The van der Waals surface area contributed by atoms with Gasteiger partial charge in [0, 0.05) is 4.88 Å². The first-order chi connectivity index (χ1) is 13.9. The summed E-state index contributed by atoms with van der Waals surface area (Å²) in [6, 6.07) is 6.92. The Labute approximate surface area is 180 Å². The number of rotatable bonds is 6. The molecular formula is C19H16Cl2N2O5S. The van der Waals surface area contributed by atoms with Crippen molar-refractivity contribution in [1.29, 1.82) is 0 Å². The Morgan fingerprint density at radius 1 is 1.14 bits per heavy atom. The molecule has 0 bridgehead atoms. The van der Waals surface area contributed by atoms with Gasteiger partial charge in [0.1, 0.15) is 6.61 Å². The zero-order chi connectivity index (χ0) is 21.0. The molecule has 10 heteroatoms. The fourth-order valence-electron chi connectivity index (χ4n) is 2.73. The zero-order valence-corrected chi connectivity index (χ0v) is 17.5. The van der Waals surface area contributed by atoms with Gasteiger partial charge in [-0.05, 0) is 30.5 Å². The van der Waals surface area contributed by atoms with E-state index in [9.17, 15) is 14.4 Å². The van der Waals surface area contributed by atoms with E-state index in [-0.39, 0.29) is 40.1 Å². The summed E-state index contributed by atoms with van der Waals surface area (Å²) >= 11 is 13.3. The third kappa shape index (κ3) is 4.72. The molecule has 2 N–H and O–H groups in total. The number of amides is 2. The lowest BCUT2D eigenvalue weighted by molar-refractivity contribution is -0.139. The molecule has 1 aliphatic heterocycles. The molecule has 2 amide bonds. The van der Waals surface area contributed by atoms with Gasteiger partial charge in [0.05, 0.1) is 39.5 Å². The van der Waals surface area contributed by atoms with Crippen molar-refractivity contribution in [2.45, 2.75) is 13.0 Å². The Hall–Kier alpha value is -2.55. The first-order valence-corrected chi connectivity index (χ1v) is 10.2. The number of nitrogens with one attached hydrogen (secondary N) is 2. The van der Waals surface area contributed by atoms with E-state index in [4.69, 9.17) is 32.7 Å². The fraction of sp³-hybridized carbons (Fsp3) is 0.211. The standard InChI is InChI=1S/C19H16Cl2N2O5S/c1-2-27-18(25)14-12(22-19(26)23-16(14)13-7-4-8-29-13)9-28-17(24)10-5-3-6-11(20)15(10)21/h3-8,16H,2,9H2,1H3,(H2,22,23,26). The molecule has 3 rings (SSSR count). The molecule has 29 heavy (non-hydrogen) atoms. The van der Waals surface area contributed by atoms with Gasteiger partial charge >= 0.3 is 18.0 Å². The molecule has 0 saturated heterocycles. The molecule has 0 spiro atoms. The van der Waals surface area contributed by atoms with Gasteiger partial charge in [-0.3, -0.25) is 0 Å². The van der Waals surface area contributed by atoms with E-state index >= 15 is 0 Å². The van der Waals surface area contributed by atoms with Crippen LogP contribution in [0, 0.1) is 0 Å². The van der Waals surface area contributed by atoms with Gasteiger partial charge in [0.15, 0.2) is 0 Å². The van der Waals surface area contributed by atoms with E-state index in [1.165, 1.54) is 17.4 Å². The second-order valence-corrected chi connectivity index (χ2v) is 7.60. The van der Waals surface area contributed by atoms with E-state index in [0.717, 1.165) is 4.88 Å². The number of carbonyl (C=O) groups is 3. The summed E-state index contributed by atoms with van der Waals surface area (Å²) < 4.78 is 10.4. The third-order valence-corrected chi connectivity index (χ3v) is 5.75. The van der Waals surface area contributed by atoms with Gasteiger partial charge in [-0.1, -0.05) is 35.3 Å². The monoisotopic (exact) mass is 454 g/mol. The summed E-state index contributed by atoms with van der Waals surface area (Å²) in [5.41, 5.74) is 0.378. The van der Waals surface area contributed by atoms with Gasteiger partial charge in [0.25, 0.3) is 0 Å². The first-order valence-electron chi connectivity index (χ1n) is 8.54. The van der Waals surface area contributed by atoms with Crippen LogP contribution in [0.5, 0.6) is 0 Å². The number of ether oxygens (including phenoxy) is 2. The third-order valence-electron chi connectivity index (χ3n) is 4.00. The van der Waals surface area contributed by atoms with E-state index in [1.807, 2.05) is 5.38 Å². The summed E-state index contributed by atoms with van der Waals surface area (Å²) in [6.45, 7) is 1.47. The second kappa shape index (κ2) is 9.30. The summed E-state index contributed by atoms with van der Waals surface area (Å²) in [7, 11) is 0. The van der Waals surface area contributed by atoms with Crippen LogP contribution < -0.4 is 10.6 Å². The molecule has 152 valence electrons. The minimum atomic E-state index is -0.742. The maximum atomic E-state index is 12.6. The molecule has 2 heterocycles. The highest BCUT2D eigenvalue weighted by Crippen LogP contribution is 2.31. The van der Waals surface area contributed by atoms with Crippen molar-refractivity contribution >= 4 is 52.5 Å². The van der Waals surface area contributed by atoms with Crippen LogP contribution in [0.2, 0.25) is 10.0 Å². The van der Waals surface area contributed by atoms with E-state index in [1.54, 1.807) is 31.2 Å². The minimum absolute atomic E-state index is 0.0598. The van der Waals surface area contributed by atoms with Crippen molar-refractivity contribution in [2.75, 3.05) is 13.2 Å². The average Bonchev–Trinajstić information content (AvgIpc) is 3.22. The van der Waals surface area contributed by atoms with Crippen LogP contribution in [0.1, 0.15) is 28.2 Å². The highest BCUT2D eigenvalue weighted by molar-refractivity contribution is 7.10. The number of carbonyl (C=O) groups excluding carboxylic acids is 3. The Morgan fingerprint density at radius 2 is 1.93 bits per heavy atom. The molecule has 1 aliphatic rings. The number of hydrogen-bond acceptors (Lipinski definition) is 6. The molecule has 7 nitrogen and oxygen atoms in total. The number of hydrogen-bond donors (Lipinski definition) is 2. The van der Waals surface area contributed by atoms with Crippen molar-refractivity contribution in [3.05, 3.63) is 67.5 Å². The normalized spacial score (nSPS) is 16.1. The molecule has 0 radical (unpaired) electrons. The molecule has 0 saturated carbocycles. The number of halogens is 2. The van der Waals surface area contributed by atoms with Crippen molar-refractivity contribution in [3.8, 4) is 0 Å². The largest absolute Gasteiger partial charge is 0.463 e. The molecule has 0 aliphatic carbocycles. The predicted octanol–water partition coefficient (Wildman–Crippen LogP) is 4.08. The first kappa shape index (κ1) is 21.2. The zero-order valence-electron chi connectivity index (χ0n) is 15.2. The summed E-state index contributed by atoms with van der Waals surface area (Å²) in [6.07, 6.45) is 0. The van der Waals surface area contributed by atoms with E-state index < -0.39 is 24.0 Å². The number of urea groups is 1. The Morgan fingerprint density at radius 3 is 2.62 bits per heavy atom. The Kier molecular flexibility index (Phi) is 6.79. The molecular weight excluding hydrogens is 439 g/mol. The average molecular weight is 455 g/mol. The smallest absolute Gasteiger partial charge is 0.340 e. The lowest BCUT2D eigenvalue weighted by Crippen LogP contribution is -2.46. The van der Waals surface area contributed by atoms with Gasteiger partial charge in [0.2, 0.25) is 0 Å². The number of esters is 2. The van der Waals surface area contributed by atoms with Crippen LogP contribution in [0.15, 0.2) is 47.0 Å². The molecule has 0 fully saturated rings. The predicted molar refractivity (Wildman–Crippen MR) is 109 cm³/mol. The Balaban J connectivity index is 1.90. The molecule has 1 aromatic carbocycles. The van der Waals surface area contributed by atoms with E-state index in [2.05, 4.69) is 10.6 Å². The van der Waals surface area contributed by atoms with Crippen LogP contribution in [0.4, 0.5) is 4.79 Å². The lowest BCUT2D eigenvalue weighted by Gasteiger charge is -2.28. The second-order valence-electron chi connectivity index (χ2n) is 5.84. The van der Waals surface area contributed by atoms with Gasteiger partial charge < -0.3 is 20.1 Å². The van der Waals surface area contributed by atoms with Crippen LogP contribution in [0.25, 0.3) is 0 Å². The number of thiophene rings is 1. The highest BCUT2D eigenvalue weighted by atomic mass is 35.5. The molecule has 1 aromatic heterocycles. The van der Waals surface area contributed by atoms with Gasteiger partial charge in [-0.25, -0.2) is 14.4 Å².